The number of para-hydroxylation sites is 1. The number of hydrogen-bond acceptors (Lipinski definition) is 5. The summed E-state index contributed by atoms with van der Waals surface area (Å²) in [6, 6.07) is 8.34. The average Bonchev–Trinajstić information content (AvgIpc) is 3.30. The van der Waals surface area contributed by atoms with Crippen LogP contribution in [0.1, 0.15) is 57.2 Å². The van der Waals surface area contributed by atoms with Gasteiger partial charge in [0.15, 0.2) is 0 Å². The van der Waals surface area contributed by atoms with E-state index in [1.807, 2.05) is 0 Å². The van der Waals surface area contributed by atoms with Crippen molar-refractivity contribution in [2.24, 2.45) is 17.8 Å². The van der Waals surface area contributed by atoms with E-state index < -0.39 is 0 Å². The van der Waals surface area contributed by atoms with Gasteiger partial charge >= 0.3 is 0 Å². The van der Waals surface area contributed by atoms with E-state index in [0.717, 1.165) is 66.5 Å². The molecule has 170 valence electrons. The molecule has 1 aromatic carbocycles. The third-order valence-corrected chi connectivity index (χ3v) is 7.17. The molecule has 1 aliphatic heterocycles. The van der Waals surface area contributed by atoms with E-state index in [9.17, 15) is 0 Å². The highest BCUT2D eigenvalue weighted by molar-refractivity contribution is 5.89. The maximum Gasteiger partial charge on any atom is 0.139 e. The summed E-state index contributed by atoms with van der Waals surface area (Å²) in [5, 5.41) is 4.85. The fourth-order valence-electron chi connectivity index (χ4n) is 5.24. The van der Waals surface area contributed by atoms with E-state index in [1.54, 1.807) is 0 Å². The van der Waals surface area contributed by atoms with Crippen LogP contribution in [0.25, 0.3) is 10.9 Å². The first kappa shape index (κ1) is 22.5. The van der Waals surface area contributed by atoms with Gasteiger partial charge in [-0.1, -0.05) is 37.8 Å². The van der Waals surface area contributed by atoms with Crippen LogP contribution in [0.15, 0.2) is 24.3 Å². The van der Waals surface area contributed by atoms with E-state index in [1.165, 1.54) is 57.9 Å². The molecule has 2 aromatic rings. The lowest BCUT2D eigenvalue weighted by Gasteiger charge is -2.29. The molecule has 1 saturated carbocycles. The smallest absolute Gasteiger partial charge is 0.139 e. The molecule has 0 spiro atoms. The van der Waals surface area contributed by atoms with Crippen molar-refractivity contribution in [3.05, 3.63) is 30.1 Å². The van der Waals surface area contributed by atoms with Gasteiger partial charge in [0, 0.05) is 39.1 Å². The van der Waals surface area contributed by atoms with Crippen molar-refractivity contribution in [2.75, 3.05) is 45.3 Å². The van der Waals surface area contributed by atoms with Crippen molar-refractivity contribution < 1.29 is 4.74 Å². The number of anilines is 1. The first-order valence-electron chi connectivity index (χ1n) is 12.4. The zero-order chi connectivity index (χ0) is 21.5. The van der Waals surface area contributed by atoms with Gasteiger partial charge in [-0.15, -0.1) is 0 Å². The zero-order valence-corrected chi connectivity index (χ0v) is 19.5. The number of unbranched alkanes of at least 4 members (excludes halogenated alkanes) is 1. The van der Waals surface area contributed by atoms with Gasteiger partial charge in [0.2, 0.25) is 0 Å². The van der Waals surface area contributed by atoms with Crippen LogP contribution in [0.5, 0.6) is 0 Å². The zero-order valence-electron chi connectivity index (χ0n) is 19.5. The van der Waals surface area contributed by atoms with E-state index in [4.69, 9.17) is 14.7 Å². The minimum atomic E-state index is 0.747. The number of fused-ring (bicyclic) bond motifs is 1. The Labute approximate surface area is 188 Å². The Morgan fingerprint density at radius 1 is 0.935 bits per heavy atom. The number of aromatic nitrogens is 2. The van der Waals surface area contributed by atoms with Crippen LogP contribution in [0.4, 0.5) is 5.82 Å². The van der Waals surface area contributed by atoms with Gasteiger partial charge < -0.3 is 15.0 Å². The summed E-state index contributed by atoms with van der Waals surface area (Å²) < 4.78 is 5.47. The van der Waals surface area contributed by atoms with Crippen LogP contribution in [0.3, 0.4) is 0 Å². The molecule has 1 saturated heterocycles. The normalized spacial score (nSPS) is 24.0. The predicted molar refractivity (Wildman–Crippen MR) is 129 cm³/mol. The number of hydrogen-bond donors (Lipinski definition) is 1. The maximum atomic E-state index is 5.47. The predicted octanol–water partition coefficient (Wildman–Crippen LogP) is 4.84. The largest absolute Gasteiger partial charge is 0.381 e. The van der Waals surface area contributed by atoms with Crippen molar-refractivity contribution in [3.8, 4) is 0 Å². The summed E-state index contributed by atoms with van der Waals surface area (Å²) in [6.45, 7) is 4.27. The Balaban J connectivity index is 1.15. The van der Waals surface area contributed by atoms with Gasteiger partial charge in [0.1, 0.15) is 11.6 Å². The summed E-state index contributed by atoms with van der Waals surface area (Å²) in [7, 11) is 4.13. The second-order valence-electron chi connectivity index (χ2n) is 9.90. The standard InChI is InChI=1S/C26H40N4O/c1-30(2)26-23-8-4-5-9-24(23)28-25(29-26)10-6-3-7-20-11-13-21(14-12-20)17-27-18-22-15-16-31-19-22/h4-5,8-9,20-22,27H,3,6-7,10-19H2,1-2H3. The van der Waals surface area contributed by atoms with Gasteiger partial charge in [0.25, 0.3) is 0 Å². The molecule has 0 amide bonds. The summed E-state index contributed by atoms with van der Waals surface area (Å²) in [6.07, 6.45) is 11.7. The number of aryl methyl sites for hydroxylation is 1. The first-order valence-corrected chi connectivity index (χ1v) is 12.4. The molecular formula is C26H40N4O. The fourth-order valence-corrected chi connectivity index (χ4v) is 5.24. The lowest BCUT2D eigenvalue weighted by atomic mass is 9.79. The van der Waals surface area contributed by atoms with Gasteiger partial charge in [-0.25, -0.2) is 9.97 Å². The SMILES string of the molecule is CN(C)c1nc(CCCCC2CCC(CNCC3CCOC3)CC2)nc2ccccc12. The van der Waals surface area contributed by atoms with Crippen LogP contribution >= 0.6 is 0 Å². The lowest BCUT2D eigenvalue weighted by molar-refractivity contribution is 0.184. The van der Waals surface area contributed by atoms with Crippen molar-refractivity contribution in [3.63, 3.8) is 0 Å². The molecule has 4 rings (SSSR count). The molecule has 2 heterocycles. The molecule has 2 fully saturated rings. The third kappa shape index (κ3) is 6.39. The van der Waals surface area contributed by atoms with Crippen LogP contribution in [0.2, 0.25) is 0 Å². The molecule has 31 heavy (non-hydrogen) atoms. The van der Waals surface area contributed by atoms with E-state index in [2.05, 4.69) is 48.6 Å². The molecular weight excluding hydrogens is 384 g/mol. The van der Waals surface area contributed by atoms with Crippen LogP contribution < -0.4 is 10.2 Å². The van der Waals surface area contributed by atoms with Gasteiger partial charge in [0.05, 0.1) is 12.1 Å². The monoisotopic (exact) mass is 424 g/mol. The third-order valence-electron chi connectivity index (χ3n) is 7.17. The quantitative estimate of drug-likeness (QED) is 0.553. The first-order chi connectivity index (χ1) is 15.2. The number of benzene rings is 1. The van der Waals surface area contributed by atoms with Crippen molar-refractivity contribution in [2.45, 2.75) is 57.8 Å². The maximum absolute atomic E-state index is 5.47. The Bertz CT molecular complexity index is 810. The lowest BCUT2D eigenvalue weighted by Crippen LogP contribution is -2.30. The van der Waals surface area contributed by atoms with Crippen LogP contribution in [-0.2, 0) is 11.2 Å². The minimum Gasteiger partial charge on any atom is -0.381 e. The van der Waals surface area contributed by atoms with Crippen molar-refractivity contribution in [1.82, 2.24) is 15.3 Å². The molecule has 1 N–H and O–H groups in total. The Morgan fingerprint density at radius 3 is 2.48 bits per heavy atom. The molecule has 2 aliphatic rings. The van der Waals surface area contributed by atoms with Gasteiger partial charge in [-0.3, -0.25) is 0 Å². The molecule has 5 nitrogen and oxygen atoms in total. The van der Waals surface area contributed by atoms with E-state index >= 15 is 0 Å². The van der Waals surface area contributed by atoms with Crippen LogP contribution in [-0.4, -0.2) is 50.4 Å². The second kappa shape index (κ2) is 11.2. The number of nitrogens with zero attached hydrogens (tertiary/aromatic N) is 3. The number of ether oxygens (including phenoxy) is 1. The highest BCUT2D eigenvalue weighted by atomic mass is 16.5. The molecule has 5 heteroatoms. The number of rotatable bonds is 10. The fraction of sp³-hybridized carbons (Fsp3) is 0.692. The molecule has 0 bridgehead atoms. The minimum absolute atomic E-state index is 0.747. The highest BCUT2D eigenvalue weighted by Crippen LogP contribution is 2.32. The van der Waals surface area contributed by atoms with Crippen molar-refractivity contribution >= 4 is 16.7 Å². The summed E-state index contributed by atoms with van der Waals surface area (Å²) >= 11 is 0. The van der Waals surface area contributed by atoms with Gasteiger partial charge in [-0.05, 0) is 62.1 Å². The summed E-state index contributed by atoms with van der Waals surface area (Å²) in [4.78, 5) is 11.8. The van der Waals surface area contributed by atoms with Gasteiger partial charge in [-0.2, -0.15) is 0 Å². The molecule has 1 atom stereocenters. The Morgan fingerprint density at radius 2 is 1.71 bits per heavy atom. The Kier molecular flexibility index (Phi) is 8.15. The van der Waals surface area contributed by atoms with Crippen LogP contribution in [0, 0.1) is 17.8 Å². The average molecular weight is 425 g/mol. The Hall–Kier alpha value is -1.72. The molecule has 1 aliphatic carbocycles. The topological polar surface area (TPSA) is 50.3 Å². The molecule has 1 aromatic heterocycles. The number of nitrogens with one attached hydrogen (secondary N) is 1. The van der Waals surface area contributed by atoms with E-state index in [0.29, 0.717) is 0 Å². The highest BCUT2D eigenvalue weighted by Gasteiger charge is 2.21. The molecule has 0 radical (unpaired) electrons. The molecule has 1 unspecified atom stereocenters. The summed E-state index contributed by atoms with van der Waals surface area (Å²) in [5.41, 5.74) is 1.06. The summed E-state index contributed by atoms with van der Waals surface area (Å²) in [5.74, 6) is 4.58. The van der Waals surface area contributed by atoms with Crippen molar-refractivity contribution in [1.29, 1.82) is 0 Å². The van der Waals surface area contributed by atoms with E-state index in [-0.39, 0.29) is 0 Å². The second-order valence-corrected chi connectivity index (χ2v) is 9.90.